The highest BCUT2D eigenvalue weighted by Gasteiger charge is 2.12. The molecule has 0 unspecified atom stereocenters. The Morgan fingerprint density at radius 3 is 2.87 bits per heavy atom. The Kier molecular flexibility index (Phi) is 4.77. The maximum absolute atomic E-state index is 12.1. The van der Waals surface area contributed by atoms with E-state index in [2.05, 4.69) is 30.7 Å². The second-order valence-electron chi connectivity index (χ2n) is 4.88. The highest BCUT2D eigenvalue weighted by atomic mass is 32.2. The summed E-state index contributed by atoms with van der Waals surface area (Å²) in [6, 6.07) is 5.83. The van der Waals surface area contributed by atoms with Crippen LogP contribution in [0, 0.1) is 13.8 Å². The van der Waals surface area contributed by atoms with Gasteiger partial charge in [0.2, 0.25) is 5.16 Å². The number of nitrogens with one attached hydrogen (secondary N) is 3. The molecule has 0 aliphatic rings. The van der Waals surface area contributed by atoms with E-state index in [1.165, 1.54) is 16.6 Å². The maximum Gasteiger partial charge on any atom is 0.271 e. The second kappa shape index (κ2) is 6.97. The number of H-pyrrole nitrogens is 2. The summed E-state index contributed by atoms with van der Waals surface area (Å²) < 4.78 is 0. The monoisotopic (exact) mass is 348 g/mol. The van der Waals surface area contributed by atoms with Gasteiger partial charge in [-0.1, -0.05) is 11.8 Å². The Labute approximate surface area is 141 Å². The molecule has 0 aromatic carbocycles. The number of aryl methyl sites for hydroxylation is 2. The molecule has 3 aromatic rings. The summed E-state index contributed by atoms with van der Waals surface area (Å²) in [5, 5.41) is 17.3. The van der Waals surface area contributed by atoms with Gasteiger partial charge < -0.3 is 5.32 Å². The van der Waals surface area contributed by atoms with Gasteiger partial charge >= 0.3 is 0 Å². The molecule has 3 N–H and O–H groups in total. The normalized spacial score (nSPS) is 10.9. The minimum Gasteiger partial charge on any atom is -0.350 e. The minimum absolute atomic E-state index is 0.187. The van der Waals surface area contributed by atoms with Gasteiger partial charge in [0.25, 0.3) is 5.91 Å². The Morgan fingerprint density at radius 1 is 1.30 bits per heavy atom. The van der Waals surface area contributed by atoms with Crippen LogP contribution in [0.15, 0.2) is 23.4 Å². The van der Waals surface area contributed by atoms with Crippen molar-refractivity contribution in [3.8, 4) is 10.6 Å². The highest BCUT2D eigenvalue weighted by Crippen LogP contribution is 2.26. The molecule has 0 fully saturated rings. The zero-order valence-corrected chi connectivity index (χ0v) is 14.3. The van der Waals surface area contributed by atoms with Crippen LogP contribution in [0.1, 0.15) is 21.2 Å². The quantitative estimate of drug-likeness (QED) is 0.469. The van der Waals surface area contributed by atoms with Gasteiger partial charge in [-0.15, -0.1) is 16.4 Å². The highest BCUT2D eigenvalue weighted by molar-refractivity contribution is 7.99. The van der Waals surface area contributed by atoms with E-state index in [1.54, 1.807) is 17.4 Å². The van der Waals surface area contributed by atoms with E-state index in [1.807, 2.05) is 26.0 Å². The number of hydrogen-bond donors (Lipinski definition) is 3. The van der Waals surface area contributed by atoms with Crippen molar-refractivity contribution in [2.75, 3.05) is 12.3 Å². The number of thioether (sulfide) groups is 1. The van der Waals surface area contributed by atoms with E-state index in [0.717, 1.165) is 16.4 Å². The average Bonchev–Trinajstić information content (AvgIpc) is 3.24. The zero-order chi connectivity index (χ0) is 16.2. The lowest BCUT2D eigenvalue weighted by Gasteiger charge is -2.00. The Balaban J connectivity index is 1.49. The van der Waals surface area contributed by atoms with Crippen molar-refractivity contribution < 1.29 is 4.79 Å². The van der Waals surface area contributed by atoms with Crippen molar-refractivity contribution in [2.45, 2.75) is 19.0 Å². The summed E-state index contributed by atoms with van der Waals surface area (Å²) in [5.41, 5.74) is 1.25. The number of aromatic nitrogens is 5. The summed E-state index contributed by atoms with van der Waals surface area (Å²) in [6.07, 6.45) is 0. The number of aromatic amines is 2. The number of thiophene rings is 1. The van der Waals surface area contributed by atoms with Crippen molar-refractivity contribution in [3.05, 3.63) is 34.6 Å². The van der Waals surface area contributed by atoms with Crippen LogP contribution in [0.3, 0.4) is 0 Å². The van der Waals surface area contributed by atoms with Crippen LogP contribution in [0.5, 0.6) is 0 Å². The van der Waals surface area contributed by atoms with Crippen LogP contribution >= 0.6 is 23.1 Å². The van der Waals surface area contributed by atoms with Crippen molar-refractivity contribution in [1.82, 2.24) is 30.7 Å². The molecule has 1 amide bonds. The third-order valence-electron chi connectivity index (χ3n) is 3.01. The number of nitrogens with zero attached hydrogens (tertiary/aromatic N) is 3. The minimum atomic E-state index is -0.187. The van der Waals surface area contributed by atoms with Crippen molar-refractivity contribution in [2.24, 2.45) is 0 Å². The molecule has 0 aliphatic carbocycles. The number of carbonyl (C=O) groups is 1. The van der Waals surface area contributed by atoms with Gasteiger partial charge in [-0.2, -0.15) is 5.10 Å². The van der Waals surface area contributed by atoms with Crippen LogP contribution in [0.4, 0.5) is 0 Å². The molecule has 23 heavy (non-hydrogen) atoms. The summed E-state index contributed by atoms with van der Waals surface area (Å²) in [5.74, 6) is 1.29. The molecule has 3 rings (SSSR count). The fourth-order valence-corrected chi connectivity index (χ4v) is 3.46. The van der Waals surface area contributed by atoms with Gasteiger partial charge in [0, 0.05) is 17.2 Å². The first-order chi connectivity index (χ1) is 11.1. The predicted octanol–water partition coefficient (Wildman–Crippen LogP) is 2.40. The van der Waals surface area contributed by atoms with Crippen LogP contribution < -0.4 is 5.32 Å². The lowest BCUT2D eigenvalue weighted by molar-refractivity contribution is 0.0951. The number of carbonyl (C=O) groups excluding carboxylic acids is 1. The molecule has 0 bridgehead atoms. The van der Waals surface area contributed by atoms with E-state index in [-0.39, 0.29) is 5.91 Å². The number of rotatable bonds is 6. The lowest BCUT2D eigenvalue weighted by atomic mass is 10.3. The summed E-state index contributed by atoms with van der Waals surface area (Å²) in [4.78, 5) is 18.6. The molecule has 3 heterocycles. The van der Waals surface area contributed by atoms with Gasteiger partial charge in [0.1, 0.15) is 5.82 Å². The molecule has 0 saturated carbocycles. The first-order valence-electron chi connectivity index (χ1n) is 7.04. The SMILES string of the molecule is Cc1nc(SCCNC(=O)c2cc(-c3ccc(C)s3)[nH]n2)n[nH]1. The molecule has 120 valence electrons. The first-order valence-corrected chi connectivity index (χ1v) is 8.84. The Hall–Kier alpha value is -2.13. The van der Waals surface area contributed by atoms with Crippen molar-refractivity contribution >= 4 is 29.0 Å². The first kappa shape index (κ1) is 15.8. The predicted molar refractivity (Wildman–Crippen MR) is 90.8 cm³/mol. The molecule has 0 atom stereocenters. The van der Waals surface area contributed by atoms with E-state index in [4.69, 9.17) is 0 Å². The van der Waals surface area contributed by atoms with Crippen molar-refractivity contribution in [1.29, 1.82) is 0 Å². The molecule has 7 nitrogen and oxygen atoms in total. The lowest BCUT2D eigenvalue weighted by Crippen LogP contribution is -2.26. The van der Waals surface area contributed by atoms with Crippen LogP contribution in [0.2, 0.25) is 0 Å². The third kappa shape index (κ3) is 3.99. The third-order valence-corrected chi connectivity index (χ3v) is 4.89. The van der Waals surface area contributed by atoms with Crippen molar-refractivity contribution in [3.63, 3.8) is 0 Å². The number of hydrogen-bond acceptors (Lipinski definition) is 6. The molecule has 9 heteroatoms. The average molecular weight is 348 g/mol. The smallest absolute Gasteiger partial charge is 0.271 e. The van der Waals surface area contributed by atoms with E-state index >= 15 is 0 Å². The molecule has 0 radical (unpaired) electrons. The van der Waals surface area contributed by atoms with E-state index in [9.17, 15) is 4.79 Å². The van der Waals surface area contributed by atoms with E-state index in [0.29, 0.717) is 23.1 Å². The fourth-order valence-electron chi connectivity index (χ4n) is 1.93. The van der Waals surface area contributed by atoms with Gasteiger partial charge in [-0.3, -0.25) is 15.0 Å². The Morgan fingerprint density at radius 2 is 2.17 bits per heavy atom. The zero-order valence-electron chi connectivity index (χ0n) is 12.7. The maximum atomic E-state index is 12.1. The summed E-state index contributed by atoms with van der Waals surface area (Å²) >= 11 is 3.15. The van der Waals surface area contributed by atoms with E-state index < -0.39 is 0 Å². The van der Waals surface area contributed by atoms with Gasteiger partial charge in [-0.25, -0.2) is 4.98 Å². The largest absolute Gasteiger partial charge is 0.350 e. The van der Waals surface area contributed by atoms with Gasteiger partial charge in [0.05, 0.1) is 10.6 Å². The van der Waals surface area contributed by atoms with Crippen LogP contribution in [-0.4, -0.2) is 43.6 Å². The van der Waals surface area contributed by atoms with Gasteiger partial charge in [0.15, 0.2) is 5.69 Å². The summed E-state index contributed by atoms with van der Waals surface area (Å²) in [6.45, 7) is 4.42. The second-order valence-corrected chi connectivity index (χ2v) is 7.23. The molecule has 0 saturated heterocycles. The van der Waals surface area contributed by atoms with Gasteiger partial charge in [-0.05, 0) is 32.0 Å². The molecule has 0 spiro atoms. The fraction of sp³-hybridized carbons (Fsp3) is 0.286. The number of amides is 1. The van der Waals surface area contributed by atoms with Crippen LogP contribution in [-0.2, 0) is 0 Å². The molecule has 3 aromatic heterocycles. The molecular formula is C14H16N6OS2. The standard InChI is InChI=1S/C14H16N6OS2/c1-8-3-4-12(23-8)10-7-11(19-18-10)13(21)15-5-6-22-14-16-9(2)17-20-14/h3-4,7H,5-6H2,1-2H3,(H,15,21)(H,18,19)(H,16,17,20). The van der Waals surface area contributed by atoms with Crippen LogP contribution in [0.25, 0.3) is 10.6 Å². The molecular weight excluding hydrogens is 332 g/mol. The summed E-state index contributed by atoms with van der Waals surface area (Å²) in [7, 11) is 0. The topological polar surface area (TPSA) is 99.3 Å². The molecule has 0 aliphatic heterocycles. The Bertz CT molecular complexity index is 806.